The van der Waals surface area contributed by atoms with E-state index < -0.39 is 10.0 Å². The van der Waals surface area contributed by atoms with Crippen LogP contribution in [-0.2, 0) is 14.8 Å². The Hall–Kier alpha value is -1.64. The van der Waals surface area contributed by atoms with Crippen LogP contribution >= 0.6 is 0 Å². The molecule has 116 valence electrons. The summed E-state index contributed by atoms with van der Waals surface area (Å²) < 4.78 is 32.4. The first-order chi connectivity index (χ1) is 9.96. The third-order valence-electron chi connectivity index (χ3n) is 3.14. The number of benzene rings is 1. The van der Waals surface area contributed by atoms with Crippen molar-refractivity contribution in [2.45, 2.75) is 30.7 Å². The summed E-state index contributed by atoms with van der Waals surface area (Å²) in [6, 6.07) is 4.05. The van der Waals surface area contributed by atoms with E-state index in [-0.39, 0.29) is 30.0 Å². The molecule has 1 atom stereocenters. The molecule has 1 aromatic carbocycles. The molecule has 1 heterocycles. The molecule has 0 radical (unpaired) electrons. The van der Waals surface area contributed by atoms with Crippen molar-refractivity contribution in [3.05, 3.63) is 18.2 Å². The van der Waals surface area contributed by atoms with Crippen LogP contribution in [0.3, 0.4) is 0 Å². The fourth-order valence-corrected chi connectivity index (χ4v) is 3.40. The van der Waals surface area contributed by atoms with Gasteiger partial charge in [-0.2, -0.15) is 0 Å². The Morgan fingerprint density at radius 3 is 2.90 bits per heavy atom. The Morgan fingerprint density at radius 2 is 2.24 bits per heavy atom. The van der Waals surface area contributed by atoms with Gasteiger partial charge in [0.15, 0.2) is 6.61 Å². The maximum absolute atomic E-state index is 12.3. The van der Waals surface area contributed by atoms with Crippen LogP contribution < -0.4 is 20.5 Å². The highest BCUT2D eigenvalue weighted by Gasteiger charge is 2.22. The van der Waals surface area contributed by atoms with Gasteiger partial charge in [-0.05, 0) is 24.6 Å². The van der Waals surface area contributed by atoms with E-state index in [4.69, 9.17) is 10.5 Å². The molecule has 4 N–H and O–H groups in total. The number of hydrogen-bond acceptors (Lipinski definition) is 5. The highest BCUT2D eigenvalue weighted by Crippen LogP contribution is 2.30. The fraction of sp³-hybridized carbons (Fsp3) is 0.462. The van der Waals surface area contributed by atoms with Gasteiger partial charge >= 0.3 is 0 Å². The molecule has 21 heavy (non-hydrogen) atoms. The third-order valence-corrected chi connectivity index (χ3v) is 4.66. The maximum atomic E-state index is 12.3. The van der Waals surface area contributed by atoms with Crippen molar-refractivity contribution in [1.29, 1.82) is 0 Å². The number of carbonyl (C=O) groups excluding carboxylic acids is 1. The average molecular weight is 313 g/mol. The molecule has 1 aromatic rings. The third kappa shape index (κ3) is 3.72. The normalized spacial score (nSPS) is 15.8. The van der Waals surface area contributed by atoms with E-state index in [1.165, 1.54) is 18.2 Å². The number of anilines is 1. The second-order valence-corrected chi connectivity index (χ2v) is 6.55. The van der Waals surface area contributed by atoms with Crippen molar-refractivity contribution in [2.24, 2.45) is 5.73 Å². The largest absolute Gasteiger partial charge is 0.482 e. The first-order valence-corrected chi connectivity index (χ1v) is 8.23. The average Bonchev–Trinajstić information content (AvgIpc) is 2.45. The highest BCUT2D eigenvalue weighted by atomic mass is 32.2. The van der Waals surface area contributed by atoms with Crippen LogP contribution in [0.1, 0.15) is 19.8 Å². The Balaban J connectivity index is 2.24. The van der Waals surface area contributed by atoms with Crippen molar-refractivity contribution >= 4 is 21.6 Å². The molecule has 0 spiro atoms. The molecule has 2 rings (SSSR count). The van der Waals surface area contributed by atoms with Gasteiger partial charge in [0.1, 0.15) is 5.75 Å². The number of sulfonamides is 1. The lowest BCUT2D eigenvalue weighted by molar-refractivity contribution is -0.118. The predicted molar refractivity (Wildman–Crippen MR) is 78.6 cm³/mol. The van der Waals surface area contributed by atoms with E-state index in [0.717, 1.165) is 6.42 Å². The molecule has 1 aliphatic rings. The molecule has 0 saturated heterocycles. The minimum Gasteiger partial charge on any atom is -0.482 e. The molecule has 7 nitrogen and oxygen atoms in total. The van der Waals surface area contributed by atoms with E-state index in [2.05, 4.69) is 10.0 Å². The summed E-state index contributed by atoms with van der Waals surface area (Å²) in [4.78, 5) is 11.3. The number of nitrogens with two attached hydrogens (primary N) is 1. The van der Waals surface area contributed by atoms with Gasteiger partial charge in [-0.25, -0.2) is 13.1 Å². The number of carbonyl (C=O) groups is 1. The number of ether oxygens (including phenoxy) is 1. The van der Waals surface area contributed by atoms with Gasteiger partial charge in [0.25, 0.3) is 5.91 Å². The second-order valence-electron chi connectivity index (χ2n) is 4.84. The fourth-order valence-electron chi connectivity index (χ4n) is 2.09. The van der Waals surface area contributed by atoms with E-state index in [9.17, 15) is 13.2 Å². The van der Waals surface area contributed by atoms with Crippen molar-refractivity contribution in [1.82, 2.24) is 4.72 Å². The Morgan fingerprint density at radius 1 is 1.48 bits per heavy atom. The highest BCUT2D eigenvalue weighted by molar-refractivity contribution is 7.89. The van der Waals surface area contributed by atoms with Crippen molar-refractivity contribution in [3.63, 3.8) is 0 Å². The van der Waals surface area contributed by atoms with E-state index in [1.807, 2.05) is 6.92 Å². The lowest BCUT2D eigenvalue weighted by atomic mass is 10.2. The maximum Gasteiger partial charge on any atom is 0.262 e. The zero-order chi connectivity index (χ0) is 15.5. The van der Waals surface area contributed by atoms with Crippen LogP contribution in [0.2, 0.25) is 0 Å². The SMILES string of the molecule is CCCC(CN)NS(=O)(=O)c1ccc2c(c1)NC(=O)CO2. The molecule has 1 amide bonds. The molecule has 0 saturated carbocycles. The number of hydrogen-bond donors (Lipinski definition) is 3. The summed E-state index contributed by atoms with van der Waals surface area (Å²) in [7, 11) is -3.68. The summed E-state index contributed by atoms with van der Waals surface area (Å²) in [5, 5.41) is 2.58. The summed E-state index contributed by atoms with van der Waals surface area (Å²) in [6.45, 7) is 2.13. The smallest absolute Gasteiger partial charge is 0.262 e. The molecule has 1 unspecified atom stereocenters. The lowest BCUT2D eigenvalue weighted by Crippen LogP contribution is -2.40. The molecule has 0 aromatic heterocycles. The quantitative estimate of drug-likeness (QED) is 0.705. The van der Waals surface area contributed by atoms with Crippen LogP contribution in [0.5, 0.6) is 5.75 Å². The Bertz CT molecular complexity index is 630. The summed E-state index contributed by atoms with van der Waals surface area (Å²) in [5.74, 6) is 0.147. The van der Waals surface area contributed by atoms with Crippen molar-refractivity contribution in [2.75, 3.05) is 18.5 Å². The van der Waals surface area contributed by atoms with Gasteiger partial charge < -0.3 is 15.8 Å². The molecular weight excluding hydrogens is 294 g/mol. The standard InChI is InChI=1S/C13H19N3O4S/c1-2-3-9(7-14)16-21(18,19)10-4-5-12-11(6-10)15-13(17)8-20-12/h4-6,9,16H,2-3,7-8,14H2,1H3,(H,15,17). The molecular formula is C13H19N3O4S. The lowest BCUT2D eigenvalue weighted by Gasteiger charge is -2.20. The van der Waals surface area contributed by atoms with Gasteiger partial charge in [0.05, 0.1) is 10.6 Å². The van der Waals surface area contributed by atoms with Crippen LogP contribution in [-0.4, -0.2) is 33.5 Å². The predicted octanol–water partition coefficient (Wildman–Crippen LogP) is 0.423. The molecule has 0 fully saturated rings. The zero-order valence-corrected chi connectivity index (χ0v) is 12.6. The van der Waals surface area contributed by atoms with Gasteiger partial charge in [0.2, 0.25) is 10.0 Å². The van der Waals surface area contributed by atoms with Gasteiger partial charge in [0, 0.05) is 12.6 Å². The topological polar surface area (TPSA) is 111 Å². The second kappa shape index (κ2) is 6.42. The van der Waals surface area contributed by atoms with Crippen LogP contribution in [0.25, 0.3) is 0 Å². The number of rotatable bonds is 6. The summed E-state index contributed by atoms with van der Waals surface area (Å²) in [5.41, 5.74) is 5.92. The van der Waals surface area contributed by atoms with Crippen LogP contribution in [0.15, 0.2) is 23.1 Å². The summed E-state index contributed by atoms with van der Waals surface area (Å²) >= 11 is 0. The van der Waals surface area contributed by atoms with Crippen LogP contribution in [0, 0.1) is 0 Å². The molecule has 0 bridgehead atoms. The Labute approximate surface area is 123 Å². The monoisotopic (exact) mass is 313 g/mol. The van der Waals surface area contributed by atoms with E-state index >= 15 is 0 Å². The minimum atomic E-state index is -3.68. The van der Waals surface area contributed by atoms with Crippen molar-refractivity contribution < 1.29 is 17.9 Å². The molecule has 0 aliphatic carbocycles. The van der Waals surface area contributed by atoms with Gasteiger partial charge in [-0.15, -0.1) is 0 Å². The number of fused-ring (bicyclic) bond motifs is 1. The van der Waals surface area contributed by atoms with Crippen molar-refractivity contribution in [3.8, 4) is 5.75 Å². The first-order valence-electron chi connectivity index (χ1n) is 6.75. The van der Waals surface area contributed by atoms with Crippen LogP contribution in [0.4, 0.5) is 5.69 Å². The molecule has 8 heteroatoms. The minimum absolute atomic E-state index is 0.0664. The van der Waals surface area contributed by atoms with E-state index in [1.54, 1.807) is 0 Å². The number of amides is 1. The van der Waals surface area contributed by atoms with Gasteiger partial charge in [-0.1, -0.05) is 13.3 Å². The first kappa shape index (κ1) is 15.7. The zero-order valence-electron chi connectivity index (χ0n) is 11.8. The number of nitrogens with one attached hydrogen (secondary N) is 2. The van der Waals surface area contributed by atoms with Gasteiger partial charge in [-0.3, -0.25) is 4.79 Å². The van der Waals surface area contributed by atoms with E-state index in [0.29, 0.717) is 17.9 Å². The Kier molecular flexibility index (Phi) is 4.81. The molecule has 1 aliphatic heterocycles. The summed E-state index contributed by atoms with van der Waals surface area (Å²) in [6.07, 6.45) is 1.50.